The average Bonchev–Trinajstić information content (AvgIpc) is 2.36. The van der Waals surface area contributed by atoms with Gasteiger partial charge in [-0.2, -0.15) is 5.26 Å². The molecule has 0 spiro atoms. The number of sulfone groups is 1. The molecule has 5 nitrogen and oxygen atoms in total. The molecule has 0 fully saturated rings. The number of anilines is 1. The fraction of sp³-hybridized carbons (Fsp3) is 0.417. The number of hydrogen-bond donors (Lipinski definition) is 1. The van der Waals surface area contributed by atoms with Crippen molar-refractivity contribution in [2.45, 2.75) is 13.3 Å². The Morgan fingerprint density at radius 3 is 2.68 bits per heavy atom. The molecule has 0 aliphatic heterocycles. The minimum atomic E-state index is -2.96. The van der Waals surface area contributed by atoms with Crippen LogP contribution in [-0.4, -0.2) is 26.5 Å². The van der Waals surface area contributed by atoms with Crippen molar-refractivity contribution in [3.63, 3.8) is 0 Å². The fourth-order valence-corrected chi connectivity index (χ4v) is 3.08. The van der Waals surface area contributed by atoms with Gasteiger partial charge in [0.05, 0.1) is 33.2 Å². The molecule has 1 rings (SSSR count). The number of nitrogen functional groups attached to an aromatic ring is 1. The zero-order valence-corrected chi connectivity index (χ0v) is 13.5. The maximum Gasteiger partial charge on any atom is 0.155 e. The predicted molar refractivity (Wildman–Crippen MR) is 82.7 cm³/mol. The molecule has 0 aromatic heterocycles. The highest BCUT2D eigenvalue weighted by Gasteiger charge is 2.10. The van der Waals surface area contributed by atoms with E-state index in [1.807, 2.05) is 28.7 Å². The minimum absolute atomic E-state index is 0.107. The summed E-state index contributed by atoms with van der Waals surface area (Å²) in [4.78, 5) is 0. The molecule has 0 amide bonds. The van der Waals surface area contributed by atoms with Gasteiger partial charge in [0.25, 0.3) is 0 Å². The van der Waals surface area contributed by atoms with Gasteiger partial charge in [-0.25, -0.2) is 8.42 Å². The molecule has 1 aromatic carbocycles. The SMILES string of the molecule is CCS(=O)(=O)CCCOc1c(N)cc(C#N)cc1I. The van der Waals surface area contributed by atoms with E-state index in [2.05, 4.69) is 0 Å². The van der Waals surface area contributed by atoms with Crippen LogP contribution in [0.25, 0.3) is 0 Å². The van der Waals surface area contributed by atoms with E-state index in [0.717, 1.165) is 3.57 Å². The van der Waals surface area contributed by atoms with Crippen LogP contribution < -0.4 is 10.5 Å². The lowest BCUT2D eigenvalue weighted by Gasteiger charge is -2.11. The lowest BCUT2D eigenvalue weighted by atomic mass is 10.2. The number of hydrogen-bond acceptors (Lipinski definition) is 5. The normalized spacial score (nSPS) is 11.0. The summed E-state index contributed by atoms with van der Waals surface area (Å²) >= 11 is 2.04. The van der Waals surface area contributed by atoms with Crippen molar-refractivity contribution < 1.29 is 13.2 Å². The molecule has 0 aliphatic carbocycles. The second kappa shape index (κ2) is 6.96. The number of ether oxygens (including phenoxy) is 1. The van der Waals surface area contributed by atoms with Gasteiger partial charge in [-0.1, -0.05) is 6.92 Å². The van der Waals surface area contributed by atoms with Gasteiger partial charge < -0.3 is 10.5 Å². The van der Waals surface area contributed by atoms with Crippen molar-refractivity contribution >= 4 is 38.1 Å². The summed E-state index contributed by atoms with van der Waals surface area (Å²) in [5.74, 6) is 0.758. The molecule has 0 radical (unpaired) electrons. The molecule has 1 aromatic rings. The van der Waals surface area contributed by atoms with E-state index < -0.39 is 9.84 Å². The Bertz CT molecular complexity index is 570. The largest absolute Gasteiger partial charge is 0.490 e. The van der Waals surface area contributed by atoms with Gasteiger partial charge >= 0.3 is 0 Å². The first-order valence-corrected chi connectivity index (χ1v) is 8.62. The third-order valence-corrected chi connectivity index (χ3v) is 5.08. The van der Waals surface area contributed by atoms with Crippen LogP contribution in [0, 0.1) is 14.9 Å². The van der Waals surface area contributed by atoms with Crippen molar-refractivity contribution in [1.29, 1.82) is 5.26 Å². The quantitative estimate of drug-likeness (QED) is 0.452. The van der Waals surface area contributed by atoms with Crippen LogP contribution in [0.1, 0.15) is 18.9 Å². The first kappa shape index (κ1) is 16.0. The molecular weight excluding hydrogens is 379 g/mol. The second-order valence-corrected chi connectivity index (χ2v) is 7.56. The van der Waals surface area contributed by atoms with E-state index in [1.54, 1.807) is 19.1 Å². The minimum Gasteiger partial charge on any atom is -0.490 e. The molecule has 104 valence electrons. The number of nitrogens with zero attached hydrogens (tertiary/aromatic N) is 1. The fourth-order valence-electron chi connectivity index (χ4n) is 1.43. The lowest BCUT2D eigenvalue weighted by Crippen LogP contribution is -2.12. The van der Waals surface area contributed by atoms with Gasteiger partial charge in [-0.05, 0) is 41.1 Å². The van der Waals surface area contributed by atoms with Gasteiger partial charge in [0.15, 0.2) is 5.75 Å². The van der Waals surface area contributed by atoms with E-state index in [0.29, 0.717) is 23.4 Å². The highest BCUT2D eigenvalue weighted by Crippen LogP contribution is 2.29. The molecule has 0 saturated carbocycles. The zero-order chi connectivity index (χ0) is 14.5. The molecule has 19 heavy (non-hydrogen) atoms. The third-order valence-electron chi connectivity index (χ3n) is 2.49. The van der Waals surface area contributed by atoms with E-state index in [1.165, 1.54) is 0 Å². The van der Waals surface area contributed by atoms with Crippen LogP contribution in [0.2, 0.25) is 0 Å². The van der Waals surface area contributed by atoms with Gasteiger partial charge in [-0.15, -0.1) is 0 Å². The van der Waals surface area contributed by atoms with Gasteiger partial charge in [0.1, 0.15) is 9.84 Å². The number of halogens is 1. The molecule has 0 heterocycles. The summed E-state index contributed by atoms with van der Waals surface area (Å²) < 4.78 is 28.9. The Morgan fingerprint density at radius 1 is 1.47 bits per heavy atom. The van der Waals surface area contributed by atoms with E-state index in [9.17, 15) is 8.42 Å². The molecule has 0 aliphatic rings. The monoisotopic (exact) mass is 394 g/mol. The highest BCUT2D eigenvalue weighted by molar-refractivity contribution is 14.1. The zero-order valence-electron chi connectivity index (χ0n) is 10.5. The Balaban J connectivity index is 2.62. The van der Waals surface area contributed by atoms with Crippen molar-refractivity contribution in [3.05, 3.63) is 21.3 Å². The van der Waals surface area contributed by atoms with E-state index in [4.69, 9.17) is 15.7 Å². The summed E-state index contributed by atoms with van der Waals surface area (Å²) in [6, 6.07) is 5.23. The van der Waals surface area contributed by atoms with Gasteiger partial charge in [0.2, 0.25) is 0 Å². The Labute approximate surface area is 126 Å². The van der Waals surface area contributed by atoms with Crippen molar-refractivity contribution in [1.82, 2.24) is 0 Å². The Morgan fingerprint density at radius 2 is 2.16 bits per heavy atom. The standard InChI is InChI=1S/C12H15IN2O3S/c1-2-19(16,17)5-3-4-18-12-10(13)6-9(8-14)7-11(12)15/h6-7H,2-5,15H2,1H3. The smallest absolute Gasteiger partial charge is 0.155 e. The molecule has 0 unspecified atom stereocenters. The lowest BCUT2D eigenvalue weighted by molar-refractivity contribution is 0.317. The molecule has 0 bridgehead atoms. The van der Waals surface area contributed by atoms with Crippen LogP contribution in [-0.2, 0) is 9.84 Å². The first-order chi connectivity index (χ1) is 8.89. The summed E-state index contributed by atoms with van der Waals surface area (Å²) in [6.45, 7) is 1.91. The summed E-state index contributed by atoms with van der Waals surface area (Å²) in [5, 5.41) is 8.79. The van der Waals surface area contributed by atoms with Crippen LogP contribution in [0.4, 0.5) is 5.69 Å². The summed E-state index contributed by atoms with van der Waals surface area (Å²) in [6.07, 6.45) is 0.422. The molecule has 0 atom stereocenters. The summed E-state index contributed by atoms with van der Waals surface area (Å²) in [7, 11) is -2.96. The number of rotatable bonds is 6. The van der Waals surface area contributed by atoms with Crippen molar-refractivity contribution in [2.75, 3.05) is 23.8 Å². The third kappa shape index (κ3) is 4.87. The number of nitriles is 1. The van der Waals surface area contributed by atoms with Crippen LogP contribution in [0.5, 0.6) is 5.75 Å². The average molecular weight is 394 g/mol. The number of benzene rings is 1. The van der Waals surface area contributed by atoms with Gasteiger partial charge in [0, 0.05) is 5.75 Å². The second-order valence-electron chi connectivity index (χ2n) is 3.93. The first-order valence-electron chi connectivity index (χ1n) is 5.72. The van der Waals surface area contributed by atoms with Gasteiger partial charge in [-0.3, -0.25) is 0 Å². The van der Waals surface area contributed by atoms with Crippen LogP contribution in [0.15, 0.2) is 12.1 Å². The predicted octanol–water partition coefficient (Wildman–Crippen LogP) is 1.95. The summed E-state index contributed by atoms with van der Waals surface area (Å²) in [5.41, 5.74) is 6.66. The topological polar surface area (TPSA) is 93.2 Å². The maximum absolute atomic E-state index is 11.3. The maximum atomic E-state index is 11.3. The van der Waals surface area contributed by atoms with E-state index >= 15 is 0 Å². The van der Waals surface area contributed by atoms with Crippen molar-refractivity contribution in [3.8, 4) is 11.8 Å². The number of nitrogens with two attached hydrogens (primary N) is 1. The Hall–Kier alpha value is -1.01. The van der Waals surface area contributed by atoms with Crippen molar-refractivity contribution in [2.24, 2.45) is 0 Å². The molecule has 7 heteroatoms. The molecule has 2 N–H and O–H groups in total. The van der Waals surface area contributed by atoms with Crippen LogP contribution in [0.3, 0.4) is 0 Å². The van der Waals surface area contributed by atoms with Crippen LogP contribution >= 0.6 is 22.6 Å². The molecular formula is C12H15IN2O3S. The molecule has 0 saturated heterocycles. The van der Waals surface area contributed by atoms with E-state index in [-0.39, 0.29) is 18.1 Å². The Kier molecular flexibility index (Phi) is 5.87. The highest BCUT2D eigenvalue weighted by atomic mass is 127.